The average Bonchev–Trinajstić information content (AvgIpc) is 2.93. The molecule has 2 N–H and O–H groups in total. The number of methoxy groups -OCH3 is 1. The summed E-state index contributed by atoms with van der Waals surface area (Å²) in [5.41, 5.74) is 9.11. The van der Waals surface area contributed by atoms with Crippen LogP contribution in [0.4, 0.5) is 0 Å². The van der Waals surface area contributed by atoms with E-state index in [0.717, 1.165) is 18.7 Å². The van der Waals surface area contributed by atoms with Crippen molar-refractivity contribution in [3.63, 3.8) is 0 Å². The summed E-state index contributed by atoms with van der Waals surface area (Å²) < 4.78 is 5.63. The monoisotopic (exact) mass is 320 g/mol. The molecule has 2 heterocycles. The van der Waals surface area contributed by atoms with Gasteiger partial charge in [-0.05, 0) is 56.0 Å². The molecule has 0 bridgehead atoms. The summed E-state index contributed by atoms with van der Waals surface area (Å²) >= 11 is 0. The number of hydrogen-bond acceptors (Lipinski definition) is 2. The van der Waals surface area contributed by atoms with E-state index in [4.69, 9.17) is 4.74 Å². The number of fused-ring (bicyclic) bond motifs is 3. The molecule has 0 amide bonds. The van der Waals surface area contributed by atoms with Crippen molar-refractivity contribution in [3.8, 4) is 5.75 Å². The average molecular weight is 320 g/mol. The van der Waals surface area contributed by atoms with Crippen molar-refractivity contribution in [3.05, 3.63) is 63.8 Å². The minimum absolute atomic E-state index is 0.149. The van der Waals surface area contributed by atoms with E-state index in [-0.39, 0.29) is 6.04 Å². The molecule has 1 unspecified atom stereocenters. The van der Waals surface area contributed by atoms with Crippen molar-refractivity contribution < 1.29 is 4.74 Å². The minimum Gasteiger partial charge on any atom is -0.496 e. The van der Waals surface area contributed by atoms with Crippen molar-refractivity contribution in [2.75, 3.05) is 13.7 Å². The summed E-state index contributed by atoms with van der Waals surface area (Å²) in [7, 11) is 1.75. The SMILES string of the molecule is COc1ccc(C)cc1C1NCCc2c1[nH]c1cc(C)cc(C)c21. The molecule has 124 valence electrons. The van der Waals surface area contributed by atoms with Gasteiger partial charge in [-0.25, -0.2) is 0 Å². The molecule has 4 rings (SSSR count). The third kappa shape index (κ3) is 2.31. The quantitative estimate of drug-likeness (QED) is 0.737. The molecule has 0 fully saturated rings. The topological polar surface area (TPSA) is 37.0 Å². The number of rotatable bonds is 2. The molecule has 0 spiro atoms. The molecule has 3 aromatic rings. The smallest absolute Gasteiger partial charge is 0.124 e. The van der Waals surface area contributed by atoms with Gasteiger partial charge >= 0.3 is 0 Å². The molecular weight excluding hydrogens is 296 g/mol. The first-order valence-electron chi connectivity index (χ1n) is 8.58. The Morgan fingerprint density at radius 3 is 2.67 bits per heavy atom. The van der Waals surface area contributed by atoms with Crippen LogP contribution in [-0.4, -0.2) is 18.6 Å². The fourth-order valence-electron chi connectivity index (χ4n) is 4.12. The molecule has 0 radical (unpaired) electrons. The Morgan fingerprint density at radius 2 is 1.88 bits per heavy atom. The largest absolute Gasteiger partial charge is 0.496 e. The molecule has 3 heteroatoms. The minimum atomic E-state index is 0.149. The first-order chi connectivity index (χ1) is 11.6. The molecule has 1 aromatic heterocycles. The lowest BCUT2D eigenvalue weighted by molar-refractivity contribution is 0.402. The van der Waals surface area contributed by atoms with Crippen LogP contribution >= 0.6 is 0 Å². The fourth-order valence-corrected chi connectivity index (χ4v) is 4.12. The molecule has 3 nitrogen and oxygen atoms in total. The van der Waals surface area contributed by atoms with Crippen LogP contribution in [-0.2, 0) is 6.42 Å². The van der Waals surface area contributed by atoms with Gasteiger partial charge in [0.2, 0.25) is 0 Å². The van der Waals surface area contributed by atoms with Crippen LogP contribution in [0.5, 0.6) is 5.75 Å². The molecule has 24 heavy (non-hydrogen) atoms. The highest BCUT2D eigenvalue weighted by Gasteiger charge is 2.28. The maximum Gasteiger partial charge on any atom is 0.124 e. The van der Waals surface area contributed by atoms with Crippen molar-refractivity contribution in [1.29, 1.82) is 0 Å². The van der Waals surface area contributed by atoms with Crippen molar-refractivity contribution in [1.82, 2.24) is 10.3 Å². The zero-order chi connectivity index (χ0) is 16.8. The summed E-state index contributed by atoms with van der Waals surface area (Å²) in [5, 5.41) is 5.07. The Hall–Kier alpha value is -2.26. The van der Waals surface area contributed by atoms with Crippen molar-refractivity contribution in [2.24, 2.45) is 0 Å². The normalized spacial score (nSPS) is 17.1. The second kappa shape index (κ2) is 5.67. The van der Waals surface area contributed by atoms with Crippen LogP contribution in [0, 0.1) is 20.8 Å². The van der Waals surface area contributed by atoms with E-state index in [0.29, 0.717) is 0 Å². The number of H-pyrrole nitrogens is 1. The number of ether oxygens (including phenoxy) is 1. The van der Waals surface area contributed by atoms with Gasteiger partial charge in [-0.2, -0.15) is 0 Å². The zero-order valence-corrected chi connectivity index (χ0v) is 14.8. The lowest BCUT2D eigenvalue weighted by atomic mass is 9.92. The number of aromatic amines is 1. The first-order valence-corrected chi connectivity index (χ1v) is 8.58. The van der Waals surface area contributed by atoms with Crippen LogP contribution < -0.4 is 10.1 Å². The highest BCUT2D eigenvalue weighted by Crippen LogP contribution is 2.38. The predicted octanol–water partition coefficient (Wildman–Crippen LogP) is 4.34. The van der Waals surface area contributed by atoms with Gasteiger partial charge < -0.3 is 15.0 Å². The molecule has 1 aliphatic rings. The molecule has 1 aliphatic heterocycles. The van der Waals surface area contributed by atoms with Gasteiger partial charge in [0.05, 0.1) is 13.2 Å². The number of aromatic nitrogens is 1. The van der Waals surface area contributed by atoms with Gasteiger partial charge in [0.15, 0.2) is 0 Å². The number of hydrogen-bond donors (Lipinski definition) is 2. The van der Waals surface area contributed by atoms with E-state index in [9.17, 15) is 0 Å². The van der Waals surface area contributed by atoms with E-state index < -0.39 is 0 Å². The second-order valence-corrected chi connectivity index (χ2v) is 6.90. The lowest BCUT2D eigenvalue weighted by Crippen LogP contribution is -2.30. The third-order valence-electron chi connectivity index (χ3n) is 5.08. The predicted molar refractivity (Wildman–Crippen MR) is 99.1 cm³/mol. The van der Waals surface area contributed by atoms with E-state index in [1.807, 2.05) is 0 Å². The van der Waals surface area contributed by atoms with Crippen molar-refractivity contribution in [2.45, 2.75) is 33.2 Å². The van der Waals surface area contributed by atoms with Gasteiger partial charge in [-0.3, -0.25) is 0 Å². The molecule has 0 aliphatic carbocycles. The summed E-state index contributed by atoms with van der Waals surface area (Å²) in [5.74, 6) is 0.942. The highest BCUT2D eigenvalue weighted by atomic mass is 16.5. The molecular formula is C21H24N2O. The Bertz CT molecular complexity index is 923. The Morgan fingerprint density at radius 1 is 1.04 bits per heavy atom. The number of benzene rings is 2. The van der Waals surface area contributed by atoms with Gasteiger partial charge in [0.1, 0.15) is 5.75 Å². The van der Waals surface area contributed by atoms with Crippen LogP contribution in [0.3, 0.4) is 0 Å². The Labute approximate surface area is 143 Å². The van der Waals surface area contributed by atoms with Gasteiger partial charge in [0, 0.05) is 28.7 Å². The molecule has 2 aromatic carbocycles. The third-order valence-corrected chi connectivity index (χ3v) is 5.08. The zero-order valence-electron chi connectivity index (χ0n) is 14.8. The Balaban J connectivity index is 1.94. The van der Waals surface area contributed by atoms with Crippen LogP contribution in [0.15, 0.2) is 30.3 Å². The fraction of sp³-hybridized carbons (Fsp3) is 0.333. The maximum atomic E-state index is 5.63. The Kier molecular flexibility index (Phi) is 3.61. The summed E-state index contributed by atoms with van der Waals surface area (Å²) in [6, 6.07) is 11.1. The maximum absolute atomic E-state index is 5.63. The van der Waals surface area contributed by atoms with E-state index >= 15 is 0 Å². The number of nitrogens with one attached hydrogen (secondary N) is 2. The summed E-state index contributed by atoms with van der Waals surface area (Å²) in [6.07, 6.45) is 1.06. The van der Waals surface area contributed by atoms with E-state index in [2.05, 4.69) is 61.4 Å². The second-order valence-electron chi connectivity index (χ2n) is 6.90. The number of aryl methyl sites for hydroxylation is 3. The summed E-state index contributed by atoms with van der Waals surface area (Å²) in [6.45, 7) is 7.49. The van der Waals surface area contributed by atoms with Crippen LogP contribution in [0.1, 0.15) is 39.6 Å². The first kappa shape index (κ1) is 15.3. The van der Waals surface area contributed by atoms with Gasteiger partial charge in [0.25, 0.3) is 0 Å². The van der Waals surface area contributed by atoms with Crippen LogP contribution in [0.2, 0.25) is 0 Å². The molecule has 0 saturated heterocycles. The van der Waals surface area contributed by atoms with Crippen molar-refractivity contribution >= 4 is 10.9 Å². The van der Waals surface area contributed by atoms with E-state index in [1.165, 1.54) is 44.4 Å². The van der Waals surface area contributed by atoms with Crippen LogP contribution in [0.25, 0.3) is 10.9 Å². The molecule has 0 saturated carbocycles. The standard InChI is InChI=1S/C21H24N2O/c1-12-5-6-18(24-4)16(10-12)20-21-15(7-8-22-20)19-14(3)9-13(2)11-17(19)23-21/h5-6,9-11,20,22-23H,7-8H2,1-4H3. The van der Waals surface area contributed by atoms with E-state index in [1.54, 1.807) is 7.11 Å². The molecule has 1 atom stereocenters. The summed E-state index contributed by atoms with van der Waals surface area (Å²) in [4.78, 5) is 3.70. The highest BCUT2D eigenvalue weighted by molar-refractivity contribution is 5.89. The lowest BCUT2D eigenvalue weighted by Gasteiger charge is -2.26. The van der Waals surface area contributed by atoms with Gasteiger partial charge in [-0.1, -0.05) is 23.8 Å². The van der Waals surface area contributed by atoms with Gasteiger partial charge in [-0.15, -0.1) is 0 Å².